The number of fused-ring (bicyclic) bond motifs is 5. The molecule has 2 heteroatoms. The number of aliphatic hydroxyl groups excluding tert-OH is 1. The molecule has 182 valence electrons. The van der Waals surface area contributed by atoms with Gasteiger partial charge >= 0.3 is 0 Å². The Hall–Kier alpha value is -1.12. The Morgan fingerprint density at radius 3 is 2.55 bits per heavy atom. The molecule has 4 aliphatic rings. The van der Waals surface area contributed by atoms with Gasteiger partial charge in [-0.1, -0.05) is 62.8 Å². The van der Waals surface area contributed by atoms with E-state index in [0.29, 0.717) is 16.7 Å². The fourth-order valence-corrected chi connectivity index (χ4v) is 9.27. The second kappa shape index (κ2) is 8.52. The molecule has 2 nitrogen and oxygen atoms in total. The predicted octanol–water partition coefficient (Wildman–Crippen LogP) is 7.25. The van der Waals surface area contributed by atoms with Crippen molar-refractivity contribution >= 4 is 0 Å². The van der Waals surface area contributed by atoms with E-state index in [0.717, 1.165) is 54.9 Å². The van der Waals surface area contributed by atoms with E-state index in [1.807, 2.05) is 25.1 Å². The Bertz CT molecular complexity index is 872. The maximum Gasteiger partial charge on any atom is 0.0868 e. The minimum atomic E-state index is -0.739. The first-order valence-corrected chi connectivity index (χ1v) is 13.8. The van der Waals surface area contributed by atoms with E-state index in [4.69, 9.17) is 0 Å². The van der Waals surface area contributed by atoms with Crippen molar-refractivity contribution in [2.75, 3.05) is 0 Å². The third-order valence-electron chi connectivity index (χ3n) is 11.3. The second-order valence-corrected chi connectivity index (χ2v) is 13.0. The molecule has 5 rings (SSSR count). The van der Waals surface area contributed by atoms with Crippen molar-refractivity contribution in [3.05, 3.63) is 47.5 Å². The maximum absolute atomic E-state index is 11.2. The zero-order valence-corrected chi connectivity index (χ0v) is 21.4. The Labute approximate surface area is 201 Å². The van der Waals surface area contributed by atoms with Crippen molar-refractivity contribution in [2.24, 2.45) is 40.4 Å². The lowest BCUT2D eigenvalue weighted by molar-refractivity contribution is -0.0589. The summed E-state index contributed by atoms with van der Waals surface area (Å²) in [7, 11) is 0. The van der Waals surface area contributed by atoms with Gasteiger partial charge in [0.1, 0.15) is 0 Å². The van der Waals surface area contributed by atoms with E-state index in [-0.39, 0.29) is 6.10 Å². The molecule has 4 aliphatic carbocycles. The second-order valence-electron chi connectivity index (χ2n) is 13.0. The molecule has 0 aliphatic heterocycles. The van der Waals surface area contributed by atoms with Crippen molar-refractivity contribution < 1.29 is 10.2 Å². The van der Waals surface area contributed by atoms with Gasteiger partial charge in [0.15, 0.2) is 0 Å². The van der Waals surface area contributed by atoms with Crippen LogP contribution in [0.1, 0.15) is 97.5 Å². The third-order valence-corrected chi connectivity index (χ3v) is 11.3. The Morgan fingerprint density at radius 2 is 1.79 bits per heavy atom. The van der Waals surface area contributed by atoms with Crippen LogP contribution in [0.25, 0.3) is 0 Å². The van der Waals surface area contributed by atoms with Crippen LogP contribution in [0.3, 0.4) is 0 Å². The minimum Gasteiger partial charge on any atom is -0.393 e. The first-order valence-electron chi connectivity index (χ1n) is 13.8. The van der Waals surface area contributed by atoms with Crippen molar-refractivity contribution in [3.8, 4) is 0 Å². The van der Waals surface area contributed by atoms with Gasteiger partial charge in [-0.2, -0.15) is 0 Å². The van der Waals surface area contributed by atoms with Crippen LogP contribution >= 0.6 is 0 Å². The van der Waals surface area contributed by atoms with Crippen LogP contribution in [0.5, 0.6) is 0 Å². The SMILES string of the molecule is C[C@H](CC[C@](C)(O)c1ccccc1)[C@@H]1CC[C@@H]2[C@@H]3CC=C4C[C@@H](O)CC[C@]4(C)[C@@H]3CC[C@@]21C. The highest BCUT2D eigenvalue weighted by Crippen LogP contribution is 2.67. The molecule has 1 aromatic rings. The number of hydrogen-bond donors (Lipinski definition) is 2. The molecule has 0 bridgehead atoms. The largest absolute Gasteiger partial charge is 0.393 e. The van der Waals surface area contributed by atoms with Crippen molar-refractivity contribution in [1.82, 2.24) is 0 Å². The zero-order valence-electron chi connectivity index (χ0n) is 21.4. The van der Waals surface area contributed by atoms with Gasteiger partial charge in [0.2, 0.25) is 0 Å². The molecular formula is C31H46O2. The average Bonchev–Trinajstić information content (AvgIpc) is 3.16. The van der Waals surface area contributed by atoms with Gasteiger partial charge in [0, 0.05) is 0 Å². The molecule has 0 amide bonds. The maximum atomic E-state index is 11.2. The highest BCUT2D eigenvalue weighted by molar-refractivity contribution is 5.25. The summed E-state index contributed by atoms with van der Waals surface area (Å²) in [5.74, 6) is 3.93. The highest BCUT2D eigenvalue weighted by Gasteiger charge is 2.59. The smallest absolute Gasteiger partial charge is 0.0868 e. The Kier molecular flexibility index (Phi) is 6.10. The van der Waals surface area contributed by atoms with Gasteiger partial charge in [-0.3, -0.25) is 0 Å². The van der Waals surface area contributed by atoms with Crippen LogP contribution < -0.4 is 0 Å². The van der Waals surface area contributed by atoms with Crippen molar-refractivity contribution in [2.45, 2.75) is 104 Å². The number of allylic oxidation sites excluding steroid dienone is 1. The molecule has 3 saturated carbocycles. The number of benzene rings is 1. The molecule has 0 heterocycles. The summed E-state index contributed by atoms with van der Waals surface area (Å²) in [6, 6.07) is 10.2. The van der Waals surface area contributed by atoms with Gasteiger partial charge in [0.05, 0.1) is 11.7 Å². The molecule has 9 atom stereocenters. The molecule has 1 aromatic carbocycles. The normalized spacial score (nSPS) is 43.0. The van der Waals surface area contributed by atoms with Crippen LogP contribution in [0.15, 0.2) is 42.0 Å². The van der Waals surface area contributed by atoms with Crippen LogP contribution in [0.4, 0.5) is 0 Å². The molecule has 3 fully saturated rings. The summed E-state index contributed by atoms with van der Waals surface area (Å²) in [6.45, 7) is 9.62. The number of hydrogen-bond acceptors (Lipinski definition) is 2. The van der Waals surface area contributed by atoms with Crippen molar-refractivity contribution in [1.29, 1.82) is 0 Å². The molecular weight excluding hydrogens is 404 g/mol. The fraction of sp³-hybridized carbons (Fsp3) is 0.742. The summed E-state index contributed by atoms with van der Waals surface area (Å²) in [5, 5.41) is 21.4. The Balaban J connectivity index is 1.29. The summed E-state index contributed by atoms with van der Waals surface area (Å²) >= 11 is 0. The molecule has 33 heavy (non-hydrogen) atoms. The average molecular weight is 451 g/mol. The third kappa shape index (κ3) is 3.94. The molecule has 0 aromatic heterocycles. The van der Waals surface area contributed by atoms with Gasteiger partial charge in [0.25, 0.3) is 0 Å². The summed E-state index contributed by atoms with van der Waals surface area (Å²) < 4.78 is 0. The fourth-order valence-electron chi connectivity index (χ4n) is 9.27. The quantitative estimate of drug-likeness (QED) is 0.464. The summed E-state index contributed by atoms with van der Waals surface area (Å²) in [6.07, 6.45) is 14.2. The topological polar surface area (TPSA) is 40.5 Å². The van der Waals surface area contributed by atoms with E-state index < -0.39 is 5.60 Å². The van der Waals surface area contributed by atoms with E-state index in [1.165, 1.54) is 38.5 Å². The molecule has 0 unspecified atom stereocenters. The van der Waals surface area contributed by atoms with Crippen molar-refractivity contribution in [3.63, 3.8) is 0 Å². The van der Waals surface area contributed by atoms with E-state index in [9.17, 15) is 10.2 Å². The van der Waals surface area contributed by atoms with Gasteiger partial charge in [-0.15, -0.1) is 0 Å². The lowest BCUT2D eigenvalue weighted by Gasteiger charge is -2.58. The first-order chi connectivity index (χ1) is 15.6. The van der Waals surface area contributed by atoms with Crippen LogP contribution in [-0.2, 0) is 5.60 Å². The van der Waals surface area contributed by atoms with E-state index in [2.05, 4.69) is 39.0 Å². The van der Waals surface area contributed by atoms with E-state index in [1.54, 1.807) is 5.57 Å². The zero-order chi connectivity index (χ0) is 23.4. The summed E-state index contributed by atoms with van der Waals surface area (Å²) in [5.41, 5.74) is 2.67. The standard InChI is InChI=1S/C31H46O2/c1-21(14-19-31(4,33)22-8-6-5-7-9-22)26-12-13-27-25-11-10-23-20-24(32)15-17-29(23,2)28(25)16-18-30(26,27)3/h5-10,21,24-28,32-33H,11-20H2,1-4H3/t21-,24+,25+,26+,27-,28-,29+,30-,31+/m1/s1. The minimum absolute atomic E-state index is 0.112. The molecule has 0 radical (unpaired) electrons. The number of aliphatic hydroxyl groups is 2. The first kappa shape index (κ1) is 23.6. The van der Waals surface area contributed by atoms with Gasteiger partial charge in [-0.05, 0) is 117 Å². The lowest BCUT2D eigenvalue weighted by Crippen LogP contribution is -2.50. The monoisotopic (exact) mass is 450 g/mol. The van der Waals surface area contributed by atoms with Crippen LogP contribution in [0, 0.1) is 40.4 Å². The molecule has 0 spiro atoms. The summed E-state index contributed by atoms with van der Waals surface area (Å²) in [4.78, 5) is 0. The Morgan fingerprint density at radius 1 is 1.03 bits per heavy atom. The van der Waals surface area contributed by atoms with E-state index >= 15 is 0 Å². The lowest BCUT2D eigenvalue weighted by atomic mass is 9.47. The van der Waals surface area contributed by atoms with Gasteiger partial charge < -0.3 is 10.2 Å². The molecule has 2 N–H and O–H groups in total. The van der Waals surface area contributed by atoms with Crippen LogP contribution in [0.2, 0.25) is 0 Å². The molecule has 0 saturated heterocycles. The number of rotatable bonds is 5. The predicted molar refractivity (Wildman–Crippen MR) is 136 cm³/mol. The van der Waals surface area contributed by atoms with Gasteiger partial charge in [-0.25, -0.2) is 0 Å². The highest BCUT2D eigenvalue weighted by atomic mass is 16.3. The van der Waals surface area contributed by atoms with Crippen LogP contribution in [-0.4, -0.2) is 16.3 Å².